The van der Waals surface area contributed by atoms with E-state index in [1.807, 2.05) is 6.07 Å². The predicted molar refractivity (Wildman–Crippen MR) is 60.9 cm³/mol. The largest absolute Gasteiger partial charge is 0.386 e. The fourth-order valence-electron chi connectivity index (χ4n) is 0.864. The van der Waals surface area contributed by atoms with Gasteiger partial charge in [-0.05, 0) is 34.1 Å². The van der Waals surface area contributed by atoms with Crippen molar-refractivity contribution in [2.45, 2.75) is 0 Å². The van der Waals surface area contributed by atoms with E-state index in [2.05, 4.69) is 20.9 Å². The van der Waals surface area contributed by atoms with Crippen molar-refractivity contribution >= 4 is 39.1 Å². The summed E-state index contributed by atoms with van der Waals surface area (Å²) in [5.41, 5.74) is 6.61. The Morgan fingerprint density at radius 1 is 1.64 bits per heavy atom. The Balaban J connectivity index is 3.09. The molecule has 0 saturated carbocycles. The molecule has 14 heavy (non-hydrogen) atoms. The summed E-state index contributed by atoms with van der Waals surface area (Å²) in [5.74, 6) is 0.510. The van der Waals surface area contributed by atoms with Gasteiger partial charge in [0.2, 0.25) is 0 Å². The normalized spacial score (nSPS) is 11.1. The Morgan fingerprint density at radius 2 is 2.36 bits per heavy atom. The molecule has 0 aromatic heterocycles. The van der Waals surface area contributed by atoms with Crippen LogP contribution in [0.1, 0.15) is 5.56 Å². The van der Waals surface area contributed by atoms with E-state index in [-0.39, 0.29) is 5.88 Å². The van der Waals surface area contributed by atoms with Crippen LogP contribution in [0, 0.1) is 11.3 Å². The van der Waals surface area contributed by atoms with E-state index in [0.29, 0.717) is 17.1 Å². The molecule has 0 aliphatic rings. The lowest BCUT2D eigenvalue weighted by atomic mass is 10.2. The van der Waals surface area contributed by atoms with Crippen molar-refractivity contribution in [3.8, 4) is 6.07 Å². The molecule has 0 spiro atoms. The minimum atomic E-state index is 0.179. The average molecular weight is 273 g/mol. The molecule has 1 rings (SSSR count). The van der Waals surface area contributed by atoms with Crippen LogP contribution >= 0.6 is 27.5 Å². The molecular weight excluding hydrogens is 265 g/mol. The Hall–Kier alpha value is -1.05. The number of benzene rings is 1. The van der Waals surface area contributed by atoms with Crippen molar-refractivity contribution in [3.05, 3.63) is 28.2 Å². The van der Waals surface area contributed by atoms with Gasteiger partial charge in [-0.2, -0.15) is 5.26 Å². The molecule has 0 fully saturated rings. The second kappa shape index (κ2) is 4.99. The van der Waals surface area contributed by atoms with Crippen LogP contribution in [0.2, 0.25) is 0 Å². The summed E-state index contributed by atoms with van der Waals surface area (Å²) in [7, 11) is 0. The molecule has 0 atom stereocenters. The molecular formula is C9H7BrClN3. The molecule has 1 aromatic carbocycles. The molecule has 5 heteroatoms. The van der Waals surface area contributed by atoms with Crippen LogP contribution in [-0.4, -0.2) is 11.7 Å². The maximum absolute atomic E-state index is 8.75. The molecule has 72 valence electrons. The van der Waals surface area contributed by atoms with E-state index in [1.165, 1.54) is 0 Å². The van der Waals surface area contributed by atoms with Crippen molar-refractivity contribution in [3.63, 3.8) is 0 Å². The maximum atomic E-state index is 8.75. The van der Waals surface area contributed by atoms with Crippen molar-refractivity contribution in [1.82, 2.24) is 0 Å². The van der Waals surface area contributed by atoms with E-state index < -0.39 is 0 Å². The summed E-state index contributed by atoms with van der Waals surface area (Å²) in [6.07, 6.45) is 0. The fourth-order valence-corrected chi connectivity index (χ4v) is 1.26. The van der Waals surface area contributed by atoms with E-state index in [9.17, 15) is 0 Å². The Labute approximate surface area is 95.3 Å². The average Bonchev–Trinajstić information content (AvgIpc) is 2.20. The molecule has 2 N–H and O–H groups in total. The van der Waals surface area contributed by atoms with Gasteiger partial charge in [0.05, 0.1) is 17.1 Å². The number of aliphatic imine (C=N–C) groups is 1. The van der Waals surface area contributed by atoms with Crippen molar-refractivity contribution < 1.29 is 0 Å². The van der Waals surface area contributed by atoms with Gasteiger partial charge in [0.1, 0.15) is 11.9 Å². The molecule has 1 aromatic rings. The number of hydrogen-bond acceptors (Lipinski definition) is 2. The molecule has 0 amide bonds. The third-order valence-corrected chi connectivity index (χ3v) is 2.45. The summed E-state index contributed by atoms with van der Waals surface area (Å²) >= 11 is 8.72. The van der Waals surface area contributed by atoms with Crippen molar-refractivity contribution in [2.75, 3.05) is 5.88 Å². The minimum absolute atomic E-state index is 0.179. The van der Waals surface area contributed by atoms with Gasteiger partial charge >= 0.3 is 0 Å². The number of halogens is 2. The first-order chi connectivity index (χ1) is 6.67. The summed E-state index contributed by atoms with van der Waals surface area (Å²) < 4.78 is 0.739. The van der Waals surface area contributed by atoms with E-state index in [1.54, 1.807) is 18.2 Å². The standard InChI is InChI=1S/C9H7BrClN3/c10-8-2-1-7(3-6(8)5-12)14-9(13)4-11/h1-3H,4H2,(H2,13,14). The van der Waals surface area contributed by atoms with Gasteiger partial charge in [0.25, 0.3) is 0 Å². The summed E-state index contributed by atoms with van der Waals surface area (Å²) in [6, 6.07) is 7.18. The van der Waals surface area contributed by atoms with Gasteiger partial charge in [-0.15, -0.1) is 11.6 Å². The third-order valence-electron chi connectivity index (χ3n) is 1.48. The number of rotatable bonds is 2. The highest BCUT2D eigenvalue weighted by Crippen LogP contribution is 2.22. The lowest BCUT2D eigenvalue weighted by molar-refractivity contribution is 1.41. The first-order valence-corrected chi connectivity index (χ1v) is 5.08. The molecule has 3 nitrogen and oxygen atoms in total. The Kier molecular flexibility index (Phi) is 3.93. The number of hydrogen-bond donors (Lipinski definition) is 1. The lowest BCUT2D eigenvalue weighted by Gasteiger charge is -1.98. The highest BCUT2D eigenvalue weighted by Gasteiger charge is 2.00. The van der Waals surface area contributed by atoms with Gasteiger partial charge in [0.15, 0.2) is 0 Å². The van der Waals surface area contributed by atoms with Gasteiger partial charge in [-0.25, -0.2) is 4.99 Å². The number of amidine groups is 1. The first kappa shape index (κ1) is 11.0. The molecule has 0 aliphatic carbocycles. The number of nitrogens with two attached hydrogens (primary N) is 1. The van der Waals surface area contributed by atoms with Gasteiger partial charge in [-0.1, -0.05) is 0 Å². The smallest absolute Gasteiger partial charge is 0.115 e. The van der Waals surface area contributed by atoms with Crippen LogP contribution in [0.5, 0.6) is 0 Å². The highest BCUT2D eigenvalue weighted by molar-refractivity contribution is 9.10. The summed E-state index contributed by atoms with van der Waals surface area (Å²) in [5, 5.41) is 8.75. The molecule has 0 bridgehead atoms. The van der Waals surface area contributed by atoms with Crippen LogP contribution in [0.15, 0.2) is 27.7 Å². The topological polar surface area (TPSA) is 62.2 Å². The first-order valence-electron chi connectivity index (χ1n) is 3.76. The van der Waals surface area contributed by atoms with Crippen LogP contribution in [0.25, 0.3) is 0 Å². The zero-order chi connectivity index (χ0) is 10.6. The van der Waals surface area contributed by atoms with Crippen molar-refractivity contribution in [2.24, 2.45) is 10.7 Å². The quantitative estimate of drug-likeness (QED) is 0.511. The predicted octanol–water partition coefficient (Wildman–Crippen LogP) is 2.55. The maximum Gasteiger partial charge on any atom is 0.115 e. The third kappa shape index (κ3) is 2.72. The second-order valence-corrected chi connectivity index (χ2v) is 3.63. The Morgan fingerprint density at radius 3 is 2.93 bits per heavy atom. The van der Waals surface area contributed by atoms with E-state index in [4.69, 9.17) is 22.6 Å². The zero-order valence-corrected chi connectivity index (χ0v) is 9.51. The molecule has 0 unspecified atom stereocenters. The van der Waals surface area contributed by atoms with Crippen LogP contribution in [0.3, 0.4) is 0 Å². The summed E-state index contributed by atoms with van der Waals surface area (Å²) in [6.45, 7) is 0. The van der Waals surface area contributed by atoms with Crippen LogP contribution in [0.4, 0.5) is 5.69 Å². The van der Waals surface area contributed by atoms with Gasteiger partial charge in [0, 0.05) is 4.47 Å². The number of nitrogens with zero attached hydrogens (tertiary/aromatic N) is 2. The fraction of sp³-hybridized carbons (Fsp3) is 0.111. The molecule has 0 saturated heterocycles. The highest BCUT2D eigenvalue weighted by atomic mass is 79.9. The van der Waals surface area contributed by atoms with Crippen LogP contribution < -0.4 is 5.73 Å². The lowest BCUT2D eigenvalue weighted by Crippen LogP contribution is -2.12. The molecule has 0 heterocycles. The second-order valence-electron chi connectivity index (χ2n) is 2.51. The van der Waals surface area contributed by atoms with Crippen LogP contribution in [-0.2, 0) is 0 Å². The minimum Gasteiger partial charge on any atom is -0.386 e. The number of alkyl halides is 1. The van der Waals surface area contributed by atoms with Gasteiger partial charge in [-0.3, -0.25) is 0 Å². The van der Waals surface area contributed by atoms with Gasteiger partial charge < -0.3 is 5.73 Å². The molecule has 0 aliphatic heterocycles. The van der Waals surface area contributed by atoms with Crippen molar-refractivity contribution in [1.29, 1.82) is 5.26 Å². The summed E-state index contributed by atoms with van der Waals surface area (Å²) in [4.78, 5) is 4.02. The molecule has 0 radical (unpaired) electrons. The van der Waals surface area contributed by atoms with E-state index in [0.717, 1.165) is 4.47 Å². The Bertz CT molecular complexity index is 409. The SMILES string of the molecule is N#Cc1cc(N=C(N)CCl)ccc1Br. The van der Waals surface area contributed by atoms with E-state index >= 15 is 0 Å². The monoisotopic (exact) mass is 271 g/mol. The number of nitriles is 1. The zero-order valence-electron chi connectivity index (χ0n) is 7.17.